The lowest BCUT2D eigenvalue weighted by Gasteiger charge is -2.10. The minimum absolute atomic E-state index is 0.0107. The molecule has 1 aromatic carbocycles. The van der Waals surface area contributed by atoms with Crippen LogP contribution in [0.25, 0.3) is 17.0 Å². The van der Waals surface area contributed by atoms with Gasteiger partial charge in [0.2, 0.25) is 0 Å². The van der Waals surface area contributed by atoms with Gasteiger partial charge in [0.25, 0.3) is 0 Å². The highest BCUT2D eigenvalue weighted by Crippen LogP contribution is 2.16. The first-order chi connectivity index (χ1) is 10.7. The molecule has 0 bridgehead atoms. The Balaban J connectivity index is 2.16. The Morgan fingerprint density at radius 1 is 1.14 bits per heavy atom. The van der Waals surface area contributed by atoms with Gasteiger partial charge >= 0.3 is 0 Å². The van der Waals surface area contributed by atoms with Crippen molar-refractivity contribution >= 4 is 17.0 Å². The number of nitrogens with zero attached hydrogens (tertiary/aromatic N) is 1. The second-order valence-electron chi connectivity index (χ2n) is 5.77. The van der Waals surface area contributed by atoms with Crippen molar-refractivity contribution in [3.63, 3.8) is 0 Å². The highest BCUT2D eigenvalue weighted by atomic mass is 16.5. The average molecular weight is 299 g/mol. The third-order valence-corrected chi connectivity index (χ3v) is 4.08. The van der Waals surface area contributed by atoms with E-state index in [2.05, 4.69) is 13.0 Å². The van der Waals surface area contributed by atoms with Crippen LogP contribution >= 0.6 is 0 Å². The molecule has 2 rings (SSSR count). The van der Waals surface area contributed by atoms with E-state index in [1.165, 1.54) is 25.7 Å². The molecule has 22 heavy (non-hydrogen) atoms. The van der Waals surface area contributed by atoms with Gasteiger partial charge in [-0.3, -0.25) is 4.79 Å². The summed E-state index contributed by atoms with van der Waals surface area (Å²) in [5, 5.41) is 10.9. The summed E-state index contributed by atoms with van der Waals surface area (Å²) in [6.07, 6.45) is 11.1. The zero-order valence-electron chi connectivity index (χ0n) is 13.5. The molecule has 0 saturated carbocycles. The van der Waals surface area contributed by atoms with Gasteiger partial charge < -0.3 is 5.21 Å². The first kappa shape index (κ1) is 16.3. The van der Waals surface area contributed by atoms with E-state index >= 15 is 0 Å². The molecule has 0 spiro atoms. The molecule has 0 fully saturated rings. The molecule has 1 aromatic heterocycles. The fraction of sp³-hybridized carbons (Fsp3) is 0.421. The molecule has 0 unspecified atom stereocenters. The number of benzene rings is 1. The molecule has 0 aliphatic rings. The van der Waals surface area contributed by atoms with Crippen LogP contribution in [0.5, 0.6) is 0 Å². The van der Waals surface area contributed by atoms with Gasteiger partial charge in [-0.2, -0.15) is 4.73 Å². The van der Waals surface area contributed by atoms with E-state index in [4.69, 9.17) is 0 Å². The van der Waals surface area contributed by atoms with Crippen molar-refractivity contribution in [2.24, 2.45) is 0 Å². The first-order valence-electron chi connectivity index (χ1n) is 8.17. The van der Waals surface area contributed by atoms with Crippen LogP contribution in [-0.4, -0.2) is 9.94 Å². The Morgan fingerprint density at radius 3 is 2.64 bits per heavy atom. The zero-order valence-corrected chi connectivity index (χ0v) is 13.5. The van der Waals surface area contributed by atoms with Gasteiger partial charge in [0.1, 0.15) is 0 Å². The van der Waals surface area contributed by atoms with Crippen molar-refractivity contribution < 1.29 is 5.21 Å². The Bertz CT molecular complexity index is 713. The molecule has 0 amide bonds. The largest absolute Gasteiger partial charge is 0.428 e. The molecule has 0 radical (unpaired) electrons. The molecule has 0 aliphatic heterocycles. The number of unbranched alkanes of at least 4 members (excludes halogenated alkanes) is 5. The molecule has 2 aromatic rings. The van der Waals surface area contributed by atoms with Crippen molar-refractivity contribution in [1.82, 2.24) is 4.73 Å². The van der Waals surface area contributed by atoms with Crippen molar-refractivity contribution in [2.75, 3.05) is 0 Å². The third kappa shape index (κ3) is 3.59. The Labute approximate surface area is 131 Å². The number of fused-ring (bicyclic) bond motifs is 1. The van der Waals surface area contributed by atoms with Gasteiger partial charge in [-0.05, 0) is 38.0 Å². The van der Waals surface area contributed by atoms with Gasteiger partial charge in [0.15, 0.2) is 5.43 Å². The lowest BCUT2D eigenvalue weighted by molar-refractivity contribution is 0.195. The second kappa shape index (κ2) is 7.83. The fourth-order valence-corrected chi connectivity index (χ4v) is 2.71. The molecule has 3 heteroatoms. The summed E-state index contributed by atoms with van der Waals surface area (Å²) in [6, 6.07) is 7.15. The summed E-state index contributed by atoms with van der Waals surface area (Å²) in [6.45, 7) is 3.98. The smallest absolute Gasteiger partial charge is 0.193 e. The van der Waals surface area contributed by atoms with E-state index in [-0.39, 0.29) is 5.43 Å². The minimum Gasteiger partial charge on any atom is -0.428 e. The summed E-state index contributed by atoms with van der Waals surface area (Å²) >= 11 is 0. The van der Waals surface area contributed by atoms with E-state index in [1.807, 2.05) is 18.2 Å². The molecule has 3 nitrogen and oxygen atoms in total. The maximum absolute atomic E-state index is 12.4. The molecule has 0 saturated heterocycles. The van der Waals surface area contributed by atoms with Crippen molar-refractivity contribution in [3.8, 4) is 0 Å². The Kier molecular flexibility index (Phi) is 5.82. The maximum Gasteiger partial charge on any atom is 0.193 e. The Hall–Kier alpha value is -2.03. The maximum atomic E-state index is 12.4. The number of rotatable bonds is 7. The lowest BCUT2D eigenvalue weighted by Crippen LogP contribution is -2.15. The molecule has 1 N–H and O–H groups in total. The molecule has 118 valence electrons. The number of allylic oxidation sites excluding steroid dienone is 1. The fourth-order valence-electron chi connectivity index (χ4n) is 2.71. The van der Waals surface area contributed by atoms with Crippen LogP contribution in [0.1, 0.15) is 56.7 Å². The quantitative estimate of drug-likeness (QED) is 0.582. The summed E-state index contributed by atoms with van der Waals surface area (Å²) in [4.78, 5) is 12.4. The Morgan fingerprint density at radius 2 is 1.86 bits per heavy atom. The van der Waals surface area contributed by atoms with Crippen LogP contribution < -0.4 is 5.43 Å². The highest BCUT2D eigenvalue weighted by Gasteiger charge is 2.10. The standard InChI is InChI=1S/C19H25NO2/c1-3-4-5-6-7-8-9-13-17-15(2)19(21)16-12-10-11-14-18(16)20(17)22/h9-14,22H,3-8H2,1-2H3. The van der Waals surface area contributed by atoms with Crippen LogP contribution in [-0.2, 0) is 0 Å². The van der Waals surface area contributed by atoms with Crippen LogP contribution in [0.4, 0.5) is 0 Å². The molecule has 1 heterocycles. The predicted octanol–water partition coefficient (Wildman–Crippen LogP) is 4.92. The SMILES string of the molecule is CCCCCCCC=Cc1c(C)c(=O)c2ccccc2n1O. The topological polar surface area (TPSA) is 42.2 Å². The lowest BCUT2D eigenvalue weighted by atomic mass is 10.1. The number of hydrogen-bond acceptors (Lipinski definition) is 2. The van der Waals surface area contributed by atoms with Crippen LogP contribution in [0.2, 0.25) is 0 Å². The van der Waals surface area contributed by atoms with Crippen LogP contribution in [0.15, 0.2) is 35.1 Å². The number of aromatic nitrogens is 1. The molecular weight excluding hydrogens is 274 g/mol. The van der Waals surface area contributed by atoms with Crippen LogP contribution in [0, 0.1) is 6.92 Å². The zero-order chi connectivity index (χ0) is 15.9. The number of pyridine rings is 1. The minimum atomic E-state index is -0.0107. The predicted molar refractivity (Wildman–Crippen MR) is 92.5 cm³/mol. The third-order valence-electron chi connectivity index (χ3n) is 4.08. The van der Waals surface area contributed by atoms with Gasteiger partial charge in [-0.15, -0.1) is 0 Å². The summed E-state index contributed by atoms with van der Waals surface area (Å²) in [5.41, 5.74) is 1.71. The first-order valence-corrected chi connectivity index (χ1v) is 8.17. The normalized spacial score (nSPS) is 11.5. The summed E-state index contributed by atoms with van der Waals surface area (Å²) < 4.78 is 1.12. The van der Waals surface area contributed by atoms with E-state index in [9.17, 15) is 10.0 Å². The monoisotopic (exact) mass is 299 g/mol. The highest BCUT2D eigenvalue weighted by molar-refractivity contribution is 5.81. The summed E-state index contributed by atoms with van der Waals surface area (Å²) in [7, 11) is 0. The van der Waals surface area contributed by atoms with Gasteiger partial charge in [-0.1, -0.05) is 50.8 Å². The van der Waals surface area contributed by atoms with Gasteiger partial charge in [-0.25, -0.2) is 0 Å². The number of para-hydroxylation sites is 1. The van der Waals surface area contributed by atoms with Crippen molar-refractivity contribution in [1.29, 1.82) is 0 Å². The molecular formula is C19H25NO2. The average Bonchev–Trinajstić information content (AvgIpc) is 2.54. The second-order valence-corrected chi connectivity index (χ2v) is 5.77. The summed E-state index contributed by atoms with van der Waals surface area (Å²) in [5.74, 6) is 0. The van der Waals surface area contributed by atoms with Crippen LogP contribution in [0.3, 0.4) is 0 Å². The van der Waals surface area contributed by atoms with Gasteiger partial charge in [0, 0.05) is 10.9 Å². The van der Waals surface area contributed by atoms with E-state index in [0.717, 1.165) is 17.6 Å². The van der Waals surface area contributed by atoms with E-state index in [0.29, 0.717) is 22.2 Å². The van der Waals surface area contributed by atoms with E-state index < -0.39 is 0 Å². The van der Waals surface area contributed by atoms with Gasteiger partial charge in [0.05, 0.1) is 11.2 Å². The van der Waals surface area contributed by atoms with E-state index in [1.54, 1.807) is 19.1 Å². The van der Waals surface area contributed by atoms with Crippen molar-refractivity contribution in [2.45, 2.75) is 52.4 Å². The molecule has 0 aliphatic carbocycles. The van der Waals surface area contributed by atoms with Crippen molar-refractivity contribution in [3.05, 3.63) is 51.8 Å². The molecule has 0 atom stereocenters. The number of hydrogen-bond donors (Lipinski definition) is 1.